The minimum absolute atomic E-state index is 0.0518. The summed E-state index contributed by atoms with van der Waals surface area (Å²) in [6.45, 7) is 0. The lowest BCUT2D eigenvalue weighted by atomic mass is 10.2. The van der Waals surface area contributed by atoms with Crippen LogP contribution in [0.4, 0.5) is 5.69 Å². The molecule has 2 aromatic carbocycles. The molecule has 5 nitrogen and oxygen atoms in total. The number of carbonyl (C=O) groups excluding carboxylic acids is 1. The predicted octanol–water partition coefficient (Wildman–Crippen LogP) is 1.80. The predicted molar refractivity (Wildman–Crippen MR) is 75.3 cm³/mol. The topological polar surface area (TPSA) is 74.7 Å². The number of hydrogen-bond acceptors (Lipinski definition) is 4. The molecule has 0 bridgehead atoms. The van der Waals surface area contributed by atoms with Crippen LogP contribution >= 0.6 is 0 Å². The molecular formula is C14H12NO4S. The lowest BCUT2D eigenvalue weighted by Gasteiger charge is -2.16. The summed E-state index contributed by atoms with van der Waals surface area (Å²) >= 11 is 0. The minimum atomic E-state index is -3.90. The lowest BCUT2D eigenvalue weighted by molar-refractivity contribution is 0.475. The van der Waals surface area contributed by atoms with E-state index in [-0.39, 0.29) is 17.2 Å². The summed E-state index contributed by atoms with van der Waals surface area (Å²) in [4.78, 5) is 11.0. The van der Waals surface area contributed by atoms with Gasteiger partial charge < -0.3 is 5.11 Å². The maximum absolute atomic E-state index is 12.2. The standard InChI is InChI=1S/C14H12NO4S/c16-11-15(13-7-4-8-14(17)9-13)20(18,19)10-12-5-2-1-3-6-12/h1-9,17H,10H2. The molecule has 0 aliphatic rings. The van der Waals surface area contributed by atoms with E-state index < -0.39 is 10.0 Å². The van der Waals surface area contributed by atoms with Crippen molar-refractivity contribution in [1.29, 1.82) is 0 Å². The average molecular weight is 290 g/mol. The van der Waals surface area contributed by atoms with Crippen LogP contribution in [-0.4, -0.2) is 19.9 Å². The lowest BCUT2D eigenvalue weighted by Crippen LogP contribution is -2.30. The number of anilines is 1. The minimum Gasteiger partial charge on any atom is -0.508 e. The Kier molecular flexibility index (Phi) is 4.05. The third kappa shape index (κ3) is 3.16. The molecule has 0 heterocycles. The van der Waals surface area contributed by atoms with Gasteiger partial charge in [0.05, 0.1) is 11.4 Å². The van der Waals surface area contributed by atoms with Crippen LogP contribution in [0, 0.1) is 0 Å². The Labute approximate surface area is 117 Å². The second kappa shape index (κ2) is 5.75. The first-order valence-corrected chi connectivity index (χ1v) is 7.37. The van der Waals surface area contributed by atoms with Crippen LogP contribution in [0.15, 0.2) is 54.6 Å². The normalized spacial score (nSPS) is 11.0. The first-order chi connectivity index (χ1) is 9.53. The van der Waals surface area contributed by atoms with Gasteiger partial charge in [0.2, 0.25) is 10.0 Å². The summed E-state index contributed by atoms with van der Waals surface area (Å²) in [6, 6.07) is 14.0. The first kappa shape index (κ1) is 14.1. The number of phenols is 1. The van der Waals surface area contributed by atoms with Crippen LogP contribution in [0.1, 0.15) is 5.56 Å². The summed E-state index contributed by atoms with van der Waals surface area (Å²) in [6.07, 6.45) is 1.39. The van der Waals surface area contributed by atoms with Crippen LogP contribution < -0.4 is 4.31 Å². The van der Waals surface area contributed by atoms with E-state index in [1.54, 1.807) is 30.3 Å². The fourth-order valence-electron chi connectivity index (χ4n) is 1.74. The molecule has 1 radical (unpaired) electrons. The second-order valence-corrected chi connectivity index (χ2v) is 5.94. The highest BCUT2D eigenvalue weighted by Crippen LogP contribution is 2.23. The third-order valence-corrected chi connectivity index (χ3v) is 4.16. The summed E-state index contributed by atoms with van der Waals surface area (Å²) in [5.74, 6) is -0.448. The van der Waals surface area contributed by atoms with Crippen molar-refractivity contribution in [2.45, 2.75) is 5.75 Å². The maximum Gasteiger partial charge on any atom is 0.331 e. The Morgan fingerprint density at radius 3 is 2.35 bits per heavy atom. The summed E-state index contributed by atoms with van der Waals surface area (Å²) in [5, 5.41) is 9.36. The van der Waals surface area contributed by atoms with Gasteiger partial charge in [-0.15, -0.1) is 0 Å². The van der Waals surface area contributed by atoms with Crippen LogP contribution in [0.5, 0.6) is 5.75 Å². The number of amides is 1. The number of sulfonamides is 1. The molecule has 1 amide bonds. The second-order valence-electron chi connectivity index (χ2n) is 4.12. The molecule has 6 heteroatoms. The zero-order chi connectivity index (χ0) is 14.6. The number of benzene rings is 2. The molecule has 1 N–H and O–H groups in total. The number of nitrogens with zero attached hydrogens (tertiary/aromatic N) is 1. The van der Waals surface area contributed by atoms with E-state index in [0.717, 1.165) is 0 Å². The SMILES string of the molecule is O=[C]N(c1cccc(O)c1)S(=O)(=O)Cc1ccccc1. The van der Waals surface area contributed by atoms with Crippen molar-refractivity contribution in [1.82, 2.24) is 0 Å². The fourth-order valence-corrected chi connectivity index (χ4v) is 3.03. The van der Waals surface area contributed by atoms with Gasteiger partial charge in [-0.05, 0) is 17.7 Å². The van der Waals surface area contributed by atoms with Crippen LogP contribution in [0.2, 0.25) is 0 Å². The van der Waals surface area contributed by atoms with Gasteiger partial charge in [-0.25, -0.2) is 8.42 Å². The molecule has 2 rings (SSSR count). The van der Waals surface area contributed by atoms with Gasteiger partial charge in [0.15, 0.2) is 0 Å². The van der Waals surface area contributed by atoms with E-state index in [4.69, 9.17) is 0 Å². The number of hydrogen-bond donors (Lipinski definition) is 1. The molecule has 0 unspecified atom stereocenters. The number of aromatic hydroxyl groups is 1. The highest BCUT2D eigenvalue weighted by molar-refractivity contribution is 7.92. The molecule has 20 heavy (non-hydrogen) atoms. The Hall–Kier alpha value is -2.34. The molecule has 0 spiro atoms. The van der Waals surface area contributed by atoms with E-state index in [0.29, 0.717) is 9.87 Å². The fraction of sp³-hybridized carbons (Fsp3) is 0.0714. The van der Waals surface area contributed by atoms with Crippen LogP contribution in [-0.2, 0) is 20.6 Å². The zero-order valence-corrected chi connectivity index (χ0v) is 11.2. The molecule has 0 saturated heterocycles. The van der Waals surface area contributed by atoms with Crippen molar-refractivity contribution in [2.24, 2.45) is 0 Å². The van der Waals surface area contributed by atoms with Gasteiger partial charge in [0.25, 0.3) is 0 Å². The van der Waals surface area contributed by atoms with Crippen molar-refractivity contribution < 1.29 is 18.3 Å². The largest absolute Gasteiger partial charge is 0.508 e. The van der Waals surface area contributed by atoms with Crippen LogP contribution in [0.3, 0.4) is 0 Å². The highest BCUT2D eigenvalue weighted by Gasteiger charge is 2.23. The smallest absolute Gasteiger partial charge is 0.331 e. The van der Waals surface area contributed by atoms with Crippen molar-refractivity contribution in [3.05, 3.63) is 60.2 Å². The first-order valence-electron chi connectivity index (χ1n) is 5.77. The highest BCUT2D eigenvalue weighted by atomic mass is 32.2. The Morgan fingerprint density at radius 2 is 1.75 bits per heavy atom. The van der Waals surface area contributed by atoms with Gasteiger partial charge in [-0.1, -0.05) is 36.4 Å². The summed E-state index contributed by atoms with van der Waals surface area (Å²) in [5.41, 5.74) is 0.615. The van der Waals surface area contributed by atoms with Crippen molar-refractivity contribution in [2.75, 3.05) is 4.31 Å². The molecule has 0 atom stereocenters. The van der Waals surface area contributed by atoms with Gasteiger partial charge in [0.1, 0.15) is 5.75 Å². The maximum atomic E-state index is 12.2. The Bertz CT molecular complexity index is 698. The van der Waals surface area contributed by atoms with E-state index in [1.165, 1.54) is 30.7 Å². The summed E-state index contributed by atoms with van der Waals surface area (Å²) in [7, 11) is -3.90. The molecule has 0 fully saturated rings. The average Bonchev–Trinajstić information content (AvgIpc) is 2.39. The molecule has 2 aromatic rings. The molecule has 0 aromatic heterocycles. The molecule has 0 aliphatic heterocycles. The molecule has 0 saturated carbocycles. The molecular weight excluding hydrogens is 278 g/mol. The van der Waals surface area contributed by atoms with E-state index in [1.807, 2.05) is 0 Å². The van der Waals surface area contributed by atoms with Crippen molar-refractivity contribution in [3.8, 4) is 5.75 Å². The molecule has 103 valence electrons. The monoisotopic (exact) mass is 290 g/mol. The van der Waals surface area contributed by atoms with Gasteiger partial charge in [-0.3, -0.25) is 4.79 Å². The zero-order valence-electron chi connectivity index (χ0n) is 10.4. The molecule has 0 aliphatic carbocycles. The van der Waals surface area contributed by atoms with E-state index in [9.17, 15) is 18.3 Å². The van der Waals surface area contributed by atoms with E-state index >= 15 is 0 Å². The third-order valence-electron chi connectivity index (χ3n) is 2.62. The van der Waals surface area contributed by atoms with Crippen molar-refractivity contribution in [3.63, 3.8) is 0 Å². The Morgan fingerprint density at radius 1 is 1.05 bits per heavy atom. The van der Waals surface area contributed by atoms with Gasteiger partial charge in [0, 0.05) is 6.07 Å². The van der Waals surface area contributed by atoms with Gasteiger partial charge >= 0.3 is 6.41 Å². The quantitative estimate of drug-likeness (QED) is 0.852. The van der Waals surface area contributed by atoms with Crippen molar-refractivity contribution >= 4 is 22.1 Å². The Balaban J connectivity index is 2.33. The van der Waals surface area contributed by atoms with E-state index in [2.05, 4.69) is 0 Å². The number of phenolic OH excluding ortho intramolecular Hbond substituents is 1. The van der Waals surface area contributed by atoms with Crippen LogP contribution in [0.25, 0.3) is 0 Å². The summed E-state index contributed by atoms with van der Waals surface area (Å²) < 4.78 is 24.9. The number of rotatable bonds is 5. The van der Waals surface area contributed by atoms with Gasteiger partial charge in [-0.2, -0.15) is 4.31 Å².